The quantitative estimate of drug-likeness (QED) is 0.478. The van der Waals surface area contributed by atoms with Crippen molar-refractivity contribution >= 4 is 39.7 Å². The predicted molar refractivity (Wildman–Crippen MR) is 124 cm³/mol. The maximum absolute atomic E-state index is 12.3. The van der Waals surface area contributed by atoms with Gasteiger partial charge in [-0.25, -0.2) is 4.98 Å². The number of amides is 1. The molecule has 0 saturated carbocycles. The predicted octanol–water partition coefficient (Wildman–Crippen LogP) is 5.11. The van der Waals surface area contributed by atoms with E-state index in [2.05, 4.69) is 44.8 Å². The summed E-state index contributed by atoms with van der Waals surface area (Å²) in [6, 6.07) is 16.1. The van der Waals surface area contributed by atoms with E-state index < -0.39 is 0 Å². The third-order valence-electron chi connectivity index (χ3n) is 5.23. The molecule has 1 aliphatic heterocycles. The summed E-state index contributed by atoms with van der Waals surface area (Å²) in [4.78, 5) is 19.2. The highest BCUT2D eigenvalue weighted by Crippen LogP contribution is 2.22. The molecule has 2 heterocycles. The molecule has 0 spiro atoms. The van der Waals surface area contributed by atoms with Crippen molar-refractivity contribution < 1.29 is 4.79 Å². The Morgan fingerprint density at radius 1 is 1.10 bits per heavy atom. The molecule has 5 nitrogen and oxygen atoms in total. The van der Waals surface area contributed by atoms with E-state index in [1.165, 1.54) is 22.5 Å². The SMILES string of the molecule is O=C(NCCCCN1CCc2ccccc2C1)c1csc(Nc2ccc(Cl)cc2)n1. The summed E-state index contributed by atoms with van der Waals surface area (Å²) in [6.45, 7) is 3.88. The summed E-state index contributed by atoms with van der Waals surface area (Å²) >= 11 is 7.31. The molecule has 0 aliphatic carbocycles. The van der Waals surface area contributed by atoms with E-state index in [9.17, 15) is 4.79 Å². The molecule has 0 fully saturated rings. The molecule has 4 rings (SSSR count). The van der Waals surface area contributed by atoms with Crippen LogP contribution in [-0.2, 0) is 13.0 Å². The lowest BCUT2D eigenvalue weighted by atomic mass is 10.00. The van der Waals surface area contributed by atoms with Crippen LogP contribution in [0, 0.1) is 0 Å². The van der Waals surface area contributed by atoms with Crippen molar-refractivity contribution in [2.24, 2.45) is 0 Å². The lowest BCUT2D eigenvalue weighted by Gasteiger charge is -2.28. The largest absolute Gasteiger partial charge is 0.351 e. The van der Waals surface area contributed by atoms with Crippen LogP contribution < -0.4 is 10.6 Å². The zero-order valence-electron chi connectivity index (χ0n) is 16.7. The first kappa shape index (κ1) is 20.8. The Morgan fingerprint density at radius 3 is 2.73 bits per heavy atom. The van der Waals surface area contributed by atoms with Crippen LogP contribution in [0.25, 0.3) is 0 Å². The topological polar surface area (TPSA) is 57.3 Å². The van der Waals surface area contributed by atoms with Gasteiger partial charge in [-0.1, -0.05) is 35.9 Å². The molecule has 2 N–H and O–H groups in total. The van der Waals surface area contributed by atoms with E-state index in [1.54, 1.807) is 5.38 Å². The third-order valence-corrected chi connectivity index (χ3v) is 6.24. The van der Waals surface area contributed by atoms with E-state index in [0.717, 1.165) is 44.6 Å². The first-order chi connectivity index (χ1) is 14.7. The second-order valence-electron chi connectivity index (χ2n) is 7.43. The molecule has 0 atom stereocenters. The second-order valence-corrected chi connectivity index (χ2v) is 8.72. The van der Waals surface area contributed by atoms with Crippen LogP contribution in [0.5, 0.6) is 0 Å². The standard InChI is InChI=1S/C23H25ClN4OS/c24-19-7-9-20(10-8-19)26-23-27-21(16-30-23)22(29)25-12-3-4-13-28-14-11-17-5-1-2-6-18(17)15-28/h1-2,5-10,16H,3-4,11-15H2,(H,25,29)(H,26,27). The minimum Gasteiger partial charge on any atom is -0.351 e. The molecule has 0 unspecified atom stereocenters. The smallest absolute Gasteiger partial charge is 0.270 e. The van der Waals surface area contributed by atoms with Crippen molar-refractivity contribution in [1.82, 2.24) is 15.2 Å². The molecule has 0 radical (unpaired) electrons. The van der Waals surface area contributed by atoms with Gasteiger partial charge in [0.05, 0.1) is 0 Å². The molecule has 2 aromatic carbocycles. The molecular weight excluding hydrogens is 416 g/mol. The molecule has 1 aromatic heterocycles. The lowest BCUT2D eigenvalue weighted by molar-refractivity contribution is 0.0948. The summed E-state index contributed by atoms with van der Waals surface area (Å²) in [5, 5.41) is 9.32. The average Bonchev–Trinajstić information content (AvgIpc) is 3.23. The number of rotatable bonds is 8. The molecule has 3 aromatic rings. The van der Waals surface area contributed by atoms with Gasteiger partial charge in [-0.15, -0.1) is 11.3 Å². The maximum Gasteiger partial charge on any atom is 0.270 e. The Labute approximate surface area is 186 Å². The fraction of sp³-hybridized carbons (Fsp3) is 0.304. The highest BCUT2D eigenvalue weighted by atomic mass is 35.5. The summed E-state index contributed by atoms with van der Waals surface area (Å²) in [5.74, 6) is -0.123. The van der Waals surface area contributed by atoms with Gasteiger partial charge in [0.25, 0.3) is 5.91 Å². The van der Waals surface area contributed by atoms with E-state index >= 15 is 0 Å². The van der Waals surface area contributed by atoms with Gasteiger partial charge in [0.2, 0.25) is 0 Å². The van der Waals surface area contributed by atoms with Crippen LogP contribution in [0.3, 0.4) is 0 Å². The van der Waals surface area contributed by atoms with Gasteiger partial charge in [-0.2, -0.15) is 0 Å². The van der Waals surface area contributed by atoms with Crippen molar-refractivity contribution in [1.29, 1.82) is 0 Å². The van der Waals surface area contributed by atoms with E-state index in [1.807, 2.05) is 24.3 Å². The third kappa shape index (κ3) is 5.59. The van der Waals surface area contributed by atoms with Gasteiger partial charge in [-0.05, 0) is 61.2 Å². The maximum atomic E-state index is 12.3. The first-order valence-corrected chi connectivity index (χ1v) is 11.5. The molecule has 156 valence electrons. The normalized spacial score (nSPS) is 13.6. The molecule has 0 saturated heterocycles. The summed E-state index contributed by atoms with van der Waals surface area (Å²) in [7, 11) is 0. The molecule has 0 bridgehead atoms. The Bertz CT molecular complexity index is 989. The number of nitrogens with one attached hydrogen (secondary N) is 2. The number of benzene rings is 2. The van der Waals surface area contributed by atoms with Crippen LogP contribution in [-0.4, -0.2) is 35.4 Å². The van der Waals surface area contributed by atoms with Crippen LogP contribution in [0.15, 0.2) is 53.9 Å². The highest BCUT2D eigenvalue weighted by molar-refractivity contribution is 7.14. The van der Waals surface area contributed by atoms with Gasteiger partial charge in [0, 0.05) is 35.7 Å². The minimum absolute atomic E-state index is 0.123. The number of carbonyl (C=O) groups is 1. The van der Waals surface area contributed by atoms with Crippen molar-refractivity contribution in [3.63, 3.8) is 0 Å². The van der Waals surface area contributed by atoms with Gasteiger partial charge in [0.1, 0.15) is 5.69 Å². The number of hydrogen-bond acceptors (Lipinski definition) is 5. The fourth-order valence-corrected chi connectivity index (χ4v) is 4.43. The second kappa shape index (κ2) is 10.1. The fourth-order valence-electron chi connectivity index (χ4n) is 3.59. The number of hydrogen-bond donors (Lipinski definition) is 2. The number of unbranched alkanes of at least 4 members (excludes halogenated alkanes) is 1. The molecule has 1 amide bonds. The molecule has 7 heteroatoms. The Hall–Kier alpha value is -2.41. The molecular formula is C23H25ClN4OS. The number of fused-ring (bicyclic) bond motifs is 1. The van der Waals surface area contributed by atoms with Crippen molar-refractivity contribution in [2.45, 2.75) is 25.8 Å². The monoisotopic (exact) mass is 440 g/mol. The minimum atomic E-state index is -0.123. The van der Waals surface area contributed by atoms with Crippen molar-refractivity contribution in [2.75, 3.05) is 25.0 Å². The number of thiazole rings is 1. The van der Waals surface area contributed by atoms with E-state index in [-0.39, 0.29) is 5.91 Å². The molecule has 30 heavy (non-hydrogen) atoms. The number of nitrogens with zero attached hydrogens (tertiary/aromatic N) is 2. The number of carbonyl (C=O) groups excluding carboxylic acids is 1. The summed E-state index contributed by atoms with van der Waals surface area (Å²) in [5.41, 5.74) is 4.27. The average molecular weight is 441 g/mol. The Kier molecular flexibility index (Phi) is 7.00. The lowest BCUT2D eigenvalue weighted by Crippen LogP contribution is -2.32. The van der Waals surface area contributed by atoms with E-state index in [4.69, 9.17) is 11.6 Å². The van der Waals surface area contributed by atoms with Gasteiger partial charge >= 0.3 is 0 Å². The Morgan fingerprint density at radius 2 is 1.90 bits per heavy atom. The van der Waals surface area contributed by atoms with Crippen LogP contribution >= 0.6 is 22.9 Å². The zero-order chi connectivity index (χ0) is 20.8. The van der Waals surface area contributed by atoms with Gasteiger partial charge in [-0.3, -0.25) is 9.69 Å². The van der Waals surface area contributed by atoms with Crippen LogP contribution in [0.4, 0.5) is 10.8 Å². The zero-order valence-corrected chi connectivity index (χ0v) is 18.3. The molecule has 1 aliphatic rings. The first-order valence-electron chi connectivity index (χ1n) is 10.2. The van der Waals surface area contributed by atoms with Crippen molar-refractivity contribution in [3.05, 3.63) is 75.8 Å². The van der Waals surface area contributed by atoms with Gasteiger partial charge in [0.15, 0.2) is 5.13 Å². The van der Waals surface area contributed by atoms with Crippen LogP contribution in [0.2, 0.25) is 5.02 Å². The Balaban J connectivity index is 1.16. The number of aromatic nitrogens is 1. The highest BCUT2D eigenvalue weighted by Gasteiger charge is 2.15. The summed E-state index contributed by atoms with van der Waals surface area (Å²) < 4.78 is 0. The van der Waals surface area contributed by atoms with Crippen molar-refractivity contribution in [3.8, 4) is 0 Å². The number of anilines is 2. The van der Waals surface area contributed by atoms with Crippen LogP contribution in [0.1, 0.15) is 34.5 Å². The number of halogens is 1. The van der Waals surface area contributed by atoms with E-state index in [0.29, 0.717) is 22.4 Å². The summed E-state index contributed by atoms with van der Waals surface area (Å²) in [6.07, 6.45) is 3.16. The van der Waals surface area contributed by atoms with Gasteiger partial charge < -0.3 is 10.6 Å².